The molecule has 4 aromatic rings. The quantitative estimate of drug-likeness (QED) is 0.317. The second kappa shape index (κ2) is 8.69. The number of fused-ring (bicyclic) bond motifs is 3. The van der Waals surface area contributed by atoms with E-state index in [1.807, 2.05) is 12.1 Å². The standard InChI is InChI=1S/C27H17Br2FN2O2S/c28-17-11-16(25(33)21(29)13-17)12-22-26(34)32-24(15-5-8-18(30)9-6-15)20-10-7-14-3-1-2-4-19(14)23(20)31-27(32)35-22/h1-6,8-9,11-13,24,33H,7,10H2/b22-12+/t24-/m0/s1. The van der Waals surface area contributed by atoms with Crippen molar-refractivity contribution in [3.05, 3.63) is 123 Å². The fraction of sp³-hybridized carbons (Fsp3) is 0.111. The molecule has 0 saturated carbocycles. The maximum absolute atomic E-state index is 13.8. The third-order valence-corrected chi connectivity index (χ3v) is 8.45. The molecule has 3 aromatic carbocycles. The van der Waals surface area contributed by atoms with Gasteiger partial charge in [0.15, 0.2) is 4.80 Å². The minimum Gasteiger partial charge on any atom is -0.506 e. The predicted octanol–water partition coefficient (Wildman–Crippen LogP) is 5.69. The first-order valence-corrected chi connectivity index (χ1v) is 13.4. The maximum atomic E-state index is 13.8. The molecule has 1 atom stereocenters. The molecule has 4 nitrogen and oxygen atoms in total. The Bertz CT molecular complexity index is 1720. The van der Waals surface area contributed by atoms with E-state index in [0.29, 0.717) is 19.4 Å². The first-order valence-electron chi connectivity index (χ1n) is 11.0. The Morgan fingerprint density at radius 3 is 2.66 bits per heavy atom. The number of hydrogen-bond donors (Lipinski definition) is 1. The van der Waals surface area contributed by atoms with Crippen molar-refractivity contribution in [1.29, 1.82) is 0 Å². The highest BCUT2D eigenvalue weighted by Gasteiger charge is 2.32. The summed E-state index contributed by atoms with van der Waals surface area (Å²) in [6.45, 7) is 0. The number of halogens is 3. The summed E-state index contributed by atoms with van der Waals surface area (Å²) in [4.78, 5) is 19.3. The minimum atomic E-state index is -0.375. The molecule has 35 heavy (non-hydrogen) atoms. The van der Waals surface area contributed by atoms with Crippen LogP contribution in [-0.4, -0.2) is 9.67 Å². The third kappa shape index (κ3) is 3.84. The molecule has 0 fully saturated rings. The zero-order valence-corrected chi connectivity index (χ0v) is 22.1. The molecule has 6 rings (SSSR count). The number of thiazole rings is 1. The monoisotopic (exact) mass is 610 g/mol. The molecule has 0 unspecified atom stereocenters. The molecule has 1 aromatic heterocycles. The van der Waals surface area contributed by atoms with Crippen molar-refractivity contribution in [2.75, 3.05) is 0 Å². The van der Waals surface area contributed by atoms with Crippen molar-refractivity contribution in [2.24, 2.45) is 4.99 Å². The Morgan fingerprint density at radius 2 is 1.86 bits per heavy atom. The highest BCUT2D eigenvalue weighted by atomic mass is 79.9. The SMILES string of the molecule is O=c1/c(=C\c2cc(Br)cc(Br)c2O)sc2n1[C@@H](c1ccc(F)cc1)C1=C(N=2)c2ccccc2CC1. The van der Waals surface area contributed by atoms with Gasteiger partial charge in [-0.1, -0.05) is 63.7 Å². The van der Waals surface area contributed by atoms with Crippen LogP contribution in [0.2, 0.25) is 0 Å². The number of aromatic hydroxyl groups is 1. The lowest BCUT2D eigenvalue weighted by Crippen LogP contribution is -2.38. The number of phenols is 1. The molecule has 1 aliphatic heterocycles. The van der Waals surface area contributed by atoms with E-state index < -0.39 is 0 Å². The molecule has 2 heterocycles. The number of rotatable bonds is 2. The van der Waals surface area contributed by atoms with Crippen LogP contribution in [0.3, 0.4) is 0 Å². The van der Waals surface area contributed by atoms with Gasteiger partial charge in [0.25, 0.3) is 5.56 Å². The number of hydrogen-bond acceptors (Lipinski definition) is 4. The van der Waals surface area contributed by atoms with Crippen LogP contribution in [0.4, 0.5) is 4.39 Å². The van der Waals surface area contributed by atoms with E-state index in [4.69, 9.17) is 4.99 Å². The Kier molecular flexibility index (Phi) is 5.62. The van der Waals surface area contributed by atoms with E-state index in [1.54, 1.807) is 34.9 Å². The van der Waals surface area contributed by atoms with Gasteiger partial charge in [0.2, 0.25) is 0 Å². The Balaban J connectivity index is 1.64. The molecule has 1 N–H and O–H groups in total. The van der Waals surface area contributed by atoms with E-state index in [0.717, 1.165) is 39.7 Å². The average Bonchev–Trinajstić information content (AvgIpc) is 3.16. The van der Waals surface area contributed by atoms with Crippen molar-refractivity contribution in [3.63, 3.8) is 0 Å². The van der Waals surface area contributed by atoms with Crippen LogP contribution >= 0.6 is 43.2 Å². The summed E-state index contributed by atoms with van der Waals surface area (Å²) >= 11 is 8.08. The van der Waals surface area contributed by atoms with Crippen LogP contribution in [0.25, 0.3) is 11.8 Å². The first kappa shape index (κ1) is 22.6. The van der Waals surface area contributed by atoms with Crippen molar-refractivity contribution in [1.82, 2.24) is 4.57 Å². The van der Waals surface area contributed by atoms with Crippen molar-refractivity contribution < 1.29 is 9.50 Å². The summed E-state index contributed by atoms with van der Waals surface area (Å²) in [5.41, 5.74) is 5.43. The van der Waals surface area contributed by atoms with Crippen LogP contribution in [0.15, 0.2) is 85.0 Å². The van der Waals surface area contributed by atoms with Gasteiger partial charge in [0, 0.05) is 15.6 Å². The molecule has 1 aliphatic carbocycles. The number of aromatic nitrogens is 1. The average molecular weight is 612 g/mol. The fourth-order valence-corrected chi connectivity index (χ4v) is 7.05. The number of benzene rings is 3. The smallest absolute Gasteiger partial charge is 0.271 e. The maximum Gasteiger partial charge on any atom is 0.271 e. The van der Waals surface area contributed by atoms with Crippen molar-refractivity contribution in [2.45, 2.75) is 18.9 Å². The molecule has 0 radical (unpaired) electrons. The normalized spacial score (nSPS) is 17.0. The van der Waals surface area contributed by atoms with Gasteiger partial charge in [0.1, 0.15) is 11.6 Å². The summed E-state index contributed by atoms with van der Waals surface area (Å²) in [6.07, 6.45) is 3.31. The van der Waals surface area contributed by atoms with Crippen LogP contribution < -0.4 is 14.9 Å². The molecule has 0 spiro atoms. The van der Waals surface area contributed by atoms with Gasteiger partial charge in [-0.25, -0.2) is 9.38 Å². The van der Waals surface area contributed by atoms with Crippen LogP contribution in [0, 0.1) is 5.82 Å². The molecule has 2 aliphatic rings. The van der Waals surface area contributed by atoms with Gasteiger partial charge in [-0.05, 0) is 75.8 Å². The minimum absolute atomic E-state index is 0.0577. The van der Waals surface area contributed by atoms with Gasteiger partial charge >= 0.3 is 0 Å². The zero-order chi connectivity index (χ0) is 24.3. The second-order valence-corrected chi connectivity index (χ2v) is 11.3. The summed E-state index contributed by atoms with van der Waals surface area (Å²) in [5, 5.41) is 10.5. The van der Waals surface area contributed by atoms with E-state index in [-0.39, 0.29) is 23.2 Å². The Hall–Kier alpha value is -2.81. The number of nitrogens with zero attached hydrogens (tertiary/aromatic N) is 2. The lowest BCUT2D eigenvalue weighted by atomic mass is 9.83. The van der Waals surface area contributed by atoms with Gasteiger partial charge in [-0.3, -0.25) is 9.36 Å². The molecular weight excluding hydrogens is 595 g/mol. The molecular formula is C27H17Br2FN2O2S. The topological polar surface area (TPSA) is 54.6 Å². The lowest BCUT2D eigenvalue weighted by Gasteiger charge is -2.30. The number of allylic oxidation sites excluding steroid dienone is 1. The zero-order valence-electron chi connectivity index (χ0n) is 18.1. The van der Waals surface area contributed by atoms with Gasteiger partial charge in [-0.15, -0.1) is 0 Å². The highest BCUT2D eigenvalue weighted by molar-refractivity contribution is 9.11. The fourth-order valence-electron chi connectivity index (χ4n) is 4.80. The van der Waals surface area contributed by atoms with Crippen LogP contribution in [-0.2, 0) is 6.42 Å². The van der Waals surface area contributed by atoms with Crippen molar-refractivity contribution in [3.8, 4) is 5.75 Å². The van der Waals surface area contributed by atoms with Crippen LogP contribution in [0.1, 0.15) is 34.7 Å². The Labute approximate surface area is 220 Å². The van der Waals surface area contributed by atoms with E-state index in [2.05, 4.69) is 44.0 Å². The van der Waals surface area contributed by atoms with E-state index in [9.17, 15) is 14.3 Å². The number of aryl methyl sites for hydroxylation is 1. The van der Waals surface area contributed by atoms with Gasteiger partial charge < -0.3 is 5.11 Å². The predicted molar refractivity (Wildman–Crippen MR) is 143 cm³/mol. The summed E-state index contributed by atoms with van der Waals surface area (Å²) in [7, 11) is 0. The second-order valence-electron chi connectivity index (χ2n) is 8.49. The van der Waals surface area contributed by atoms with E-state index >= 15 is 0 Å². The largest absolute Gasteiger partial charge is 0.506 e. The highest BCUT2D eigenvalue weighted by Crippen LogP contribution is 2.41. The molecule has 0 saturated heterocycles. The van der Waals surface area contributed by atoms with Gasteiger partial charge in [-0.2, -0.15) is 0 Å². The summed E-state index contributed by atoms with van der Waals surface area (Å²) in [6, 6.07) is 17.7. The molecule has 0 amide bonds. The summed E-state index contributed by atoms with van der Waals surface area (Å²) in [5.74, 6) is -0.262. The lowest BCUT2D eigenvalue weighted by molar-refractivity contribution is 0.470. The first-order chi connectivity index (χ1) is 16.9. The number of phenolic OH excluding ortho intramolecular Hbond substituents is 1. The Morgan fingerprint density at radius 1 is 1.09 bits per heavy atom. The molecule has 174 valence electrons. The third-order valence-electron chi connectivity index (χ3n) is 6.40. The van der Waals surface area contributed by atoms with Gasteiger partial charge in [0.05, 0.1) is 20.7 Å². The van der Waals surface area contributed by atoms with Crippen molar-refractivity contribution >= 4 is 55.0 Å². The molecule has 0 bridgehead atoms. The molecule has 8 heteroatoms. The van der Waals surface area contributed by atoms with Crippen LogP contribution in [0.5, 0.6) is 5.75 Å². The van der Waals surface area contributed by atoms with E-state index in [1.165, 1.54) is 29.0 Å². The summed E-state index contributed by atoms with van der Waals surface area (Å²) < 4.78 is 17.3.